The first kappa shape index (κ1) is 13.1. The quantitative estimate of drug-likeness (QED) is 0.872. The zero-order valence-corrected chi connectivity index (χ0v) is 11.2. The zero-order valence-electron chi connectivity index (χ0n) is 11.2. The van der Waals surface area contributed by atoms with Crippen molar-refractivity contribution in [3.8, 4) is 0 Å². The van der Waals surface area contributed by atoms with Crippen molar-refractivity contribution in [2.24, 2.45) is 0 Å². The van der Waals surface area contributed by atoms with Gasteiger partial charge in [-0.15, -0.1) is 0 Å². The molecule has 2 atom stereocenters. The first-order valence-corrected chi connectivity index (χ1v) is 6.66. The van der Waals surface area contributed by atoms with Crippen molar-refractivity contribution in [1.29, 1.82) is 0 Å². The van der Waals surface area contributed by atoms with Gasteiger partial charge in [0.15, 0.2) is 0 Å². The number of hydrogen-bond donors (Lipinski definition) is 1. The molecule has 0 aromatic carbocycles. The second kappa shape index (κ2) is 6.00. The third-order valence-electron chi connectivity index (χ3n) is 3.72. The fourth-order valence-corrected chi connectivity index (χ4v) is 2.49. The molecule has 100 valence electrons. The van der Waals surface area contributed by atoms with Gasteiger partial charge in [0.05, 0.1) is 0 Å². The third kappa shape index (κ3) is 2.90. The number of amides is 1. The summed E-state index contributed by atoms with van der Waals surface area (Å²) in [7, 11) is 1.92. The van der Waals surface area contributed by atoms with Crippen LogP contribution in [0.25, 0.3) is 0 Å². The SMILES string of the molecule is CC(C(=O)N(C)C1CCCNCC1)n1cccn1. The predicted molar refractivity (Wildman–Crippen MR) is 70.2 cm³/mol. The molecule has 0 radical (unpaired) electrons. The second-order valence-corrected chi connectivity index (χ2v) is 4.95. The Labute approximate surface area is 108 Å². The van der Waals surface area contributed by atoms with E-state index in [4.69, 9.17) is 0 Å². The molecule has 1 aromatic heterocycles. The summed E-state index contributed by atoms with van der Waals surface area (Å²) in [6, 6.07) is 1.98. The minimum absolute atomic E-state index is 0.144. The van der Waals surface area contributed by atoms with E-state index in [0.29, 0.717) is 6.04 Å². The van der Waals surface area contributed by atoms with Gasteiger partial charge in [0.25, 0.3) is 0 Å². The van der Waals surface area contributed by atoms with E-state index < -0.39 is 0 Å². The number of carbonyl (C=O) groups is 1. The maximum atomic E-state index is 12.4. The van der Waals surface area contributed by atoms with Crippen molar-refractivity contribution in [2.75, 3.05) is 20.1 Å². The summed E-state index contributed by atoms with van der Waals surface area (Å²) in [6.45, 7) is 3.96. The highest BCUT2D eigenvalue weighted by Crippen LogP contribution is 2.16. The van der Waals surface area contributed by atoms with Crippen LogP contribution in [-0.4, -0.2) is 46.8 Å². The monoisotopic (exact) mass is 250 g/mol. The lowest BCUT2D eigenvalue weighted by molar-refractivity contribution is -0.135. The van der Waals surface area contributed by atoms with Gasteiger partial charge in [-0.25, -0.2) is 0 Å². The van der Waals surface area contributed by atoms with Crippen molar-refractivity contribution in [3.63, 3.8) is 0 Å². The van der Waals surface area contributed by atoms with Gasteiger partial charge in [-0.3, -0.25) is 9.48 Å². The van der Waals surface area contributed by atoms with Gasteiger partial charge in [0.2, 0.25) is 5.91 Å². The highest BCUT2D eigenvalue weighted by molar-refractivity contribution is 5.80. The van der Waals surface area contributed by atoms with E-state index >= 15 is 0 Å². The van der Waals surface area contributed by atoms with Gasteiger partial charge in [-0.1, -0.05) is 0 Å². The van der Waals surface area contributed by atoms with Gasteiger partial charge in [0, 0.05) is 25.5 Å². The van der Waals surface area contributed by atoms with Crippen molar-refractivity contribution < 1.29 is 4.79 Å². The fourth-order valence-electron chi connectivity index (χ4n) is 2.49. The molecule has 5 heteroatoms. The van der Waals surface area contributed by atoms with Gasteiger partial charge in [-0.05, 0) is 45.3 Å². The van der Waals surface area contributed by atoms with E-state index in [2.05, 4.69) is 10.4 Å². The lowest BCUT2D eigenvalue weighted by Gasteiger charge is -2.29. The Bertz CT molecular complexity index is 368. The Balaban J connectivity index is 1.99. The number of nitrogens with one attached hydrogen (secondary N) is 1. The molecular formula is C13H22N4O. The molecule has 1 aromatic rings. The maximum absolute atomic E-state index is 12.4. The molecule has 0 spiro atoms. The largest absolute Gasteiger partial charge is 0.341 e. The van der Waals surface area contributed by atoms with Crippen molar-refractivity contribution >= 4 is 5.91 Å². The number of likely N-dealkylation sites (N-methyl/N-ethyl adjacent to an activating group) is 1. The summed E-state index contributed by atoms with van der Waals surface area (Å²) in [4.78, 5) is 14.3. The Morgan fingerprint density at radius 1 is 1.50 bits per heavy atom. The van der Waals surface area contributed by atoms with Crippen LogP contribution in [0.4, 0.5) is 0 Å². The first-order valence-electron chi connectivity index (χ1n) is 6.66. The lowest BCUT2D eigenvalue weighted by atomic mass is 10.1. The van der Waals surface area contributed by atoms with E-state index in [0.717, 1.165) is 32.4 Å². The van der Waals surface area contributed by atoms with Crippen molar-refractivity contribution in [1.82, 2.24) is 20.0 Å². The summed E-state index contributed by atoms with van der Waals surface area (Å²) >= 11 is 0. The molecule has 0 aliphatic carbocycles. The van der Waals surface area contributed by atoms with Gasteiger partial charge >= 0.3 is 0 Å². The summed E-state index contributed by atoms with van der Waals surface area (Å²) in [5.41, 5.74) is 0. The highest BCUT2D eigenvalue weighted by atomic mass is 16.2. The molecule has 1 saturated heterocycles. The average molecular weight is 250 g/mol. The van der Waals surface area contributed by atoms with Crippen LogP contribution in [0.5, 0.6) is 0 Å². The van der Waals surface area contributed by atoms with Crippen molar-refractivity contribution in [2.45, 2.75) is 38.3 Å². The van der Waals surface area contributed by atoms with Crippen LogP contribution in [0.15, 0.2) is 18.5 Å². The molecule has 18 heavy (non-hydrogen) atoms. The van der Waals surface area contributed by atoms with E-state index in [1.165, 1.54) is 0 Å². The molecule has 1 aliphatic rings. The van der Waals surface area contributed by atoms with Gasteiger partial charge in [0.1, 0.15) is 6.04 Å². The van der Waals surface area contributed by atoms with Gasteiger partial charge < -0.3 is 10.2 Å². The minimum atomic E-state index is -0.221. The van der Waals surface area contributed by atoms with Crippen LogP contribution in [0.1, 0.15) is 32.2 Å². The molecule has 1 fully saturated rings. The average Bonchev–Trinajstić information content (AvgIpc) is 2.78. The Morgan fingerprint density at radius 2 is 2.33 bits per heavy atom. The smallest absolute Gasteiger partial charge is 0.247 e. The molecule has 1 aliphatic heterocycles. The molecule has 5 nitrogen and oxygen atoms in total. The van der Waals surface area contributed by atoms with Crippen LogP contribution < -0.4 is 5.32 Å². The second-order valence-electron chi connectivity index (χ2n) is 4.95. The Kier molecular flexibility index (Phi) is 4.36. The first-order chi connectivity index (χ1) is 8.70. The van der Waals surface area contributed by atoms with E-state index in [9.17, 15) is 4.79 Å². The summed E-state index contributed by atoms with van der Waals surface area (Å²) < 4.78 is 1.72. The molecular weight excluding hydrogens is 228 g/mol. The number of nitrogens with zero attached hydrogens (tertiary/aromatic N) is 3. The highest BCUT2D eigenvalue weighted by Gasteiger charge is 2.25. The predicted octanol–water partition coefficient (Wildman–Crippen LogP) is 1.04. The normalized spacial score (nSPS) is 22.2. The van der Waals surface area contributed by atoms with Crippen LogP contribution in [0.2, 0.25) is 0 Å². The van der Waals surface area contributed by atoms with E-state index in [1.54, 1.807) is 10.9 Å². The summed E-state index contributed by atoms with van der Waals surface area (Å²) in [5, 5.41) is 7.51. The Morgan fingerprint density at radius 3 is 3.06 bits per heavy atom. The van der Waals surface area contributed by atoms with E-state index in [-0.39, 0.29) is 11.9 Å². The standard InChI is InChI=1S/C13H22N4O/c1-11(17-10-4-8-15-17)13(18)16(2)12-5-3-7-14-9-6-12/h4,8,10-12,14H,3,5-7,9H2,1-2H3. The zero-order chi connectivity index (χ0) is 13.0. The molecule has 0 bridgehead atoms. The molecule has 0 saturated carbocycles. The molecule has 1 amide bonds. The van der Waals surface area contributed by atoms with Gasteiger partial charge in [-0.2, -0.15) is 5.10 Å². The summed E-state index contributed by atoms with van der Waals surface area (Å²) in [5.74, 6) is 0.144. The number of rotatable bonds is 3. The van der Waals surface area contributed by atoms with Crippen LogP contribution in [0, 0.1) is 0 Å². The number of carbonyl (C=O) groups excluding carboxylic acids is 1. The number of aromatic nitrogens is 2. The van der Waals surface area contributed by atoms with E-state index in [1.807, 2.05) is 31.1 Å². The molecule has 1 N–H and O–H groups in total. The molecule has 2 rings (SSSR count). The Hall–Kier alpha value is -1.36. The van der Waals surface area contributed by atoms with Crippen LogP contribution >= 0.6 is 0 Å². The van der Waals surface area contributed by atoms with Crippen LogP contribution in [-0.2, 0) is 4.79 Å². The number of hydrogen-bond acceptors (Lipinski definition) is 3. The minimum Gasteiger partial charge on any atom is -0.341 e. The van der Waals surface area contributed by atoms with Crippen LogP contribution in [0.3, 0.4) is 0 Å². The molecule has 2 unspecified atom stereocenters. The fraction of sp³-hybridized carbons (Fsp3) is 0.692. The van der Waals surface area contributed by atoms with Crippen molar-refractivity contribution in [3.05, 3.63) is 18.5 Å². The third-order valence-corrected chi connectivity index (χ3v) is 3.72. The lowest BCUT2D eigenvalue weighted by Crippen LogP contribution is -2.41. The topological polar surface area (TPSA) is 50.2 Å². The summed E-state index contributed by atoms with van der Waals surface area (Å²) in [6.07, 6.45) is 6.80. The maximum Gasteiger partial charge on any atom is 0.247 e. The molecule has 2 heterocycles.